The molecule has 0 radical (unpaired) electrons. The highest BCUT2D eigenvalue weighted by atomic mass is 16.5. The van der Waals surface area contributed by atoms with Crippen molar-refractivity contribution in [1.82, 2.24) is 10.8 Å². The van der Waals surface area contributed by atoms with Crippen molar-refractivity contribution in [3.8, 4) is 0 Å². The third kappa shape index (κ3) is 4.71. The Labute approximate surface area is 113 Å². The maximum atomic E-state index is 11.8. The topological polar surface area (TPSA) is 78.4 Å². The van der Waals surface area contributed by atoms with Crippen LogP contribution in [0.15, 0.2) is 24.3 Å². The lowest BCUT2D eigenvalue weighted by Crippen LogP contribution is -2.29. The van der Waals surface area contributed by atoms with Gasteiger partial charge in [-0.25, -0.2) is 5.48 Å². The molecule has 1 aromatic rings. The van der Waals surface area contributed by atoms with Crippen molar-refractivity contribution in [3.05, 3.63) is 35.4 Å². The Balaban J connectivity index is 2.56. The van der Waals surface area contributed by atoms with Gasteiger partial charge in [0.2, 0.25) is 5.91 Å². The van der Waals surface area contributed by atoms with Crippen LogP contribution < -0.4 is 10.8 Å². The third-order valence-electron chi connectivity index (χ3n) is 2.78. The van der Waals surface area contributed by atoms with Crippen LogP contribution in [0.1, 0.15) is 43.1 Å². The molecular formula is C14H20N2O3. The highest BCUT2D eigenvalue weighted by Crippen LogP contribution is 2.22. The number of carbonyl (C=O) groups excluding carboxylic acids is 2. The fourth-order valence-corrected chi connectivity index (χ4v) is 1.57. The van der Waals surface area contributed by atoms with Crippen LogP contribution in [-0.2, 0) is 10.2 Å². The zero-order valence-corrected chi connectivity index (χ0v) is 11.5. The molecule has 0 aliphatic rings. The number of benzene rings is 1. The molecule has 0 aliphatic carbocycles. The van der Waals surface area contributed by atoms with E-state index in [2.05, 4.69) is 26.1 Å². The van der Waals surface area contributed by atoms with E-state index in [1.165, 1.54) is 5.48 Å². The van der Waals surface area contributed by atoms with E-state index < -0.39 is 5.91 Å². The molecule has 1 rings (SSSR count). The third-order valence-corrected chi connectivity index (χ3v) is 2.78. The molecule has 0 unspecified atom stereocenters. The smallest absolute Gasteiger partial charge is 0.251 e. The van der Waals surface area contributed by atoms with Crippen molar-refractivity contribution in [2.45, 2.75) is 32.6 Å². The molecule has 0 aliphatic heterocycles. The van der Waals surface area contributed by atoms with E-state index in [1.807, 2.05) is 12.1 Å². The first-order chi connectivity index (χ1) is 8.84. The summed E-state index contributed by atoms with van der Waals surface area (Å²) in [5.41, 5.74) is 3.27. The molecule has 0 bridgehead atoms. The largest absolute Gasteiger partial charge is 0.352 e. The molecule has 5 heteroatoms. The van der Waals surface area contributed by atoms with Gasteiger partial charge in [-0.15, -0.1) is 0 Å². The summed E-state index contributed by atoms with van der Waals surface area (Å²) in [6, 6.07) is 7.38. The van der Waals surface area contributed by atoms with Gasteiger partial charge in [-0.05, 0) is 23.1 Å². The molecule has 0 spiro atoms. The SMILES string of the molecule is CC(C)(C)c1ccc(C(=O)NCCC(=O)NO)cc1. The van der Waals surface area contributed by atoms with E-state index in [-0.39, 0.29) is 24.3 Å². The number of hydroxylamine groups is 1. The van der Waals surface area contributed by atoms with Crippen LogP contribution in [0, 0.1) is 0 Å². The Morgan fingerprint density at radius 3 is 2.21 bits per heavy atom. The van der Waals surface area contributed by atoms with Crippen molar-refractivity contribution >= 4 is 11.8 Å². The Morgan fingerprint density at radius 1 is 1.16 bits per heavy atom. The van der Waals surface area contributed by atoms with E-state index in [4.69, 9.17) is 5.21 Å². The van der Waals surface area contributed by atoms with Crippen LogP contribution in [0.3, 0.4) is 0 Å². The normalized spacial score (nSPS) is 10.9. The summed E-state index contributed by atoms with van der Waals surface area (Å²) < 4.78 is 0. The summed E-state index contributed by atoms with van der Waals surface area (Å²) in [6.45, 7) is 6.51. The van der Waals surface area contributed by atoms with Crippen LogP contribution in [0.5, 0.6) is 0 Å². The monoisotopic (exact) mass is 264 g/mol. The molecule has 0 fully saturated rings. The second-order valence-electron chi connectivity index (χ2n) is 5.37. The quantitative estimate of drug-likeness (QED) is 0.571. The zero-order valence-electron chi connectivity index (χ0n) is 11.5. The van der Waals surface area contributed by atoms with Gasteiger partial charge in [0.1, 0.15) is 0 Å². The Morgan fingerprint density at radius 2 is 1.74 bits per heavy atom. The molecule has 1 aromatic carbocycles. The summed E-state index contributed by atoms with van der Waals surface area (Å²) in [4.78, 5) is 22.5. The molecule has 0 atom stereocenters. The fourth-order valence-electron chi connectivity index (χ4n) is 1.57. The lowest BCUT2D eigenvalue weighted by Gasteiger charge is -2.19. The van der Waals surface area contributed by atoms with Crippen LogP contribution in [-0.4, -0.2) is 23.6 Å². The lowest BCUT2D eigenvalue weighted by atomic mass is 9.87. The van der Waals surface area contributed by atoms with E-state index in [9.17, 15) is 9.59 Å². The van der Waals surface area contributed by atoms with Crippen molar-refractivity contribution in [1.29, 1.82) is 0 Å². The first kappa shape index (κ1) is 15.2. The van der Waals surface area contributed by atoms with Gasteiger partial charge in [-0.2, -0.15) is 0 Å². The molecule has 19 heavy (non-hydrogen) atoms. The molecular weight excluding hydrogens is 244 g/mol. The van der Waals surface area contributed by atoms with E-state index in [1.54, 1.807) is 12.1 Å². The molecule has 0 heterocycles. The van der Waals surface area contributed by atoms with Gasteiger partial charge in [0.25, 0.3) is 5.91 Å². The van der Waals surface area contributed by atoms with Gasteiger partial charge in [0.05, 0.1) is 0 Å². The Bertz CT molecular complexity index is 447. The van der Waals surface area contributed by atoms with Crippen molar-refractivity contribution in [2.75, 3.05) is 6.54 Å². The van der Waals surface area contributed by atoms with Crippen molar-refractivity contribution in [3.63, 3.8) is 0 Å². The molecule has 3 N–H and O–H groups in total. The van der Waals surface area contributed by atoms with Gasteiger partial charge < -0.3 is 5.32 Å². The number of rotatable bonds is 4. The fraction of sp³-hybridized carbons (Fsp3) is 0.429. The number of carbonyl (C=O) groups is 2. The molecule has 0 saturated carbocycles. The number of hydrogen-bond donors (Lipinski definition) is 3. The molecule has 0 aromatic heterocycles. The maximum Gasteiger partial charge on any atom is 0.251 e. The average Bonchev–Trinajstić information content (AvgIpc) is 2.37. The minimum atomic E-state index is -0.525. The van der Waals surface area contributed by atoms with Crippen molar-refractivity contribution < 1.29 is 14.8 Å². The highest BCUT2D eigenvalue weighted by molar-refractivity contribution is 5.94. The van der Waals surface area contributed by atoms with Crippen LogP contribution >= 0.6 is 0 Å². The predicted molar refractivity (Wildman–Crippen MR) is 72.0 cm³/mol. The van der Waals surface area contributed by atoms with Crippen LogP contribution in [0.4, 0.5) is 0 Å². The summed E-state index contributed by atoms with van der Waals surface area (Å²) in [5, 5.41) is 10.9. The van der Waals surface area contributed by atoms with E-state index in [0.717, 1.165) is 5.56 Å². The van der Waals surface area contributed by atoms with E-state index in [0.29, 0.717) is 5.56 Å². The summed E-state index contributed by atoms with van der Waals surface area (Å²) in [6.07, 6.45) is 0.0440. The molecule has 5 nitrogen and oxygen atoms in total. The minimum Gasteiger partial charge on any atom is -0.352 e. The maximum absolute atomic E-state index is 11.8. The first-order valence-electron chi connectivity index (χ1n) is 6.16. The van der Waals surface area contributed by atoms with Gasteiger partial charge in [-0.3, -0.25) is 14.8 Å². The number of nitrogens with one attached hydrogen (secondary N) is 2. The lowest BCUT2D eigenvalue weighted by molar-refractivity contribution is -0.129. The second-order valence-corrected chi connectivity index (χ2v) is 5.37. The Kier molecular flexibility index (Phi) is 5.06. The first-order valence-corrected chi connectivity index (χ1v) is 6.16. The van der Waals surface area contributed by atoms with E-state index >= 15 is 0 Å². The van der Waals surface area contributed by atoms with Gasteiger partial charge in [-0.1, -0.05) is 32.9 Å². The zero-order chi connectivity index (χ0) is 14.5. The average molecular weight is 264 g/mol. The molecule has 2 amide bonds. The highest BCUT2D eigenvalue weighted by Gasteiger charge is 2.14. The summed E-state index contributed by atoms with van der Waals surface area (Å²) in [7, 11) is 0. The molecule has 0 saturated heterocycles. The van der Waals surface area contributed by atoms with Crippen LogP contribution in [0.25, 0.3) is 0 Å². The van der Waals surface area contributed by atoms with Gasteiger partial charge in [0.15, 0.2) is 0 Å². The summed E-state index contributed by atoms with van der Waals surface area (Å²) in [5.74, 6) is -0.755. The molecule has 104 valence electrons. The predicted octanol–water partition coefficient (Wildman–Crippen LogP) is 1.61. The minimum absolute atomic E-state index is 0.0440. The number of amides is 2. The van der Waals surface area contributed by atoms with Crippen LogP contribution in [0.2, 0.25) is 0 Å². The summed E-state index contributed by atoms with van der Waals surface area (Å²) >= 11 is 0. The standard InChI is InChI=1S/C14H20N2O3/c1-14(2,3)11-6-4-10(5-7-11)13(18)15-9-8-12(17)16-19/h4-7,19H,8-9H2,1-3H3,(H,15,18)(H,16,17). The second kappa shape index (κ2) is 6.33. The van der Waals surface area contributed by atoms with Crippen molar-refractivity contribution in [2.24, 2.45) is 0 Å². The van der Waals surface area contributed by atoms with Gasteiger partial charge in [0, 0.05) is 18.5 Å². The number of hydrogen-bond acceptors (Lipinski definition) is 3. The van der Waals surface area contributed by atoms with Gasteiger partial charge >= 0.3 is 0 Å². The Hall–Kier alpha value is -1.88.